The lowest BCUT2D eigenvalue weighted by atomic mass is 10.1. The molecular weight excluding hydrogens is 432 g/mol. The molecule has 148 valence electrons. The Morgan fingerprint density at radius 1 is 1.14 bits per heavy atom. The van der Waals surface area contributed by atoms with Gasteiger partial charge in [0.25, 0.3) is 0 Å². The number of anilines is 1. The Kier molecular flexibility index (Phi) is 5.76. The summed E-state index contributed by atoms with van der Waals surface area (Å²) >= 11 is 3.48. The molecule has 1 aliphatic rings. The van der Waals surface area contributed by atoms with E-state index in [-0.39, 0.29) is 24.2 Å². The Morgan fingerprint density at radius 3 is 2.66 bits per heavy atom. The minimum atomic E-state index is -0.322. The standard InChI is InChI=1S/C22H21BrN4O2/c23-19-4-1-2-5-20(19)26-15-17(14-21(26)28)22(29)24-12-10-16-6-8-18(9-7-16)27-13-3-11-25-27/h1-9,11,13,17H,10,12,14-15H2,(H,24,29). The van der Waals surface area contributed by atoms with Crippen LogP contribution in [0.4, 0.5) is 5.69 Å². The molecule has 2 amide bonds. The van der Waals surface area contributed by atoms with Crippen molar-refractivity contribution in [2.75, 3.05) is 18.0 Å². The lowest BCUT2D eigenvalue weighted by Gasteiger charge is -2.18. The third kappa shape index (κ3) is 4.40. The zero-order valence-electron chi connectivity index (χ0n) is 15.8. The Bertz CT molecular complexity index is 1000. The second-order valence-corrected chi connectivity index (χ2v) is 7.87. The summed E-state index contributed by atoms with van der Waals surface area (Å²) in [5.41, 5.74) is 2.95. The molecule has 1 saturated heterocycles. The highest BCUT2D eigenvalue weighted by Gasteiger charge is 2.35. The maximum absolute atomic E-state index is 12.5. The quantitative estimate of drug-likeness (QED) is 0.623. The van der Waals surface area contributed by atoms with Crippen LogP contribution in [0.3, 0.4) is 0 Å². The van der Waals surface area contributed by atoms with Gasteiger partial charge in [-0.3, -0.25) is 9.59 Å². The second kappa shape index (κ2) is 8.61. The molecule has 1 aromatic heterocycles. The second-order valence-electron chi connectivity index (χ2n) is 7.01. The molecule has 0 spiro atoms. The largest absolute Gasteiger partial charge is 0.355 e. The summed E-state index contributed by atoms with van der Waals surface area (Å²) in [6, 6.07) is 17.6. The van der Waals surface area contributed by atoms with Crippen LogP contribution in [0.1, 0.15) is 12.0 Å². The van der Waals surface area contributed by atoms with Gasteiger partial charge in [-0.15, -0.1) is 0 Å². The van der Waals surface area contributed by atoms with Gasteiger partial charge in [-0.25, -0.2) is 4.68 Å². The normalized spacial score (nSPS) is 16.2. The smallest absolute Gasteiger partial charge is 0.227 e. The van der Waals surface area contributed by atoms with Crippen molar-refractivity contribution in [2.45, 2.75) is 12.8 Å². The number of hydrogen-bond acceptors (Lipinski definition) is 3. The van der Waals surface area contributed by atoms with Crippen LogP contribution in [0.2, 0.25) is 0 Å². The molecule has 1 atom stereocenters. The van der Waals surface area contributed by atoms with Gasteiger partial charge in [0.1, 0.15) is 0 Å². The molecule has 29 heavy (non-hydrogen) atoms. The third-order valence-electron chi connectivity index (χ3n) is 5.06. The van der Waals surface area contributed by atoms with Gasteiger partial charge in [0.15, 0.2) is 0 Å². The first-order valence-corrected chi connectivity index (χ1v) is 10.3. The monoisotopic (exact) mass is 452 g/mol. The van der Waals surface area contributed by atoms with Crippen molar-refractivity contribution in [1.82, 2.24) is 15.1 Å². The Morgan fingerprint density at radius 2 is 1.93 bits per heavy atom. The lowest BCUT2D eigenvalue weighted by Crippen LogP contribution is -2.34. The number of amides is 2. The van der Waals surface area contributed by atoms with Gasteiger partial charge in [-0.2, -0.15) is 5.10 Å². The maximum atomic E-state index is 12.5. The minimum absolute atomic E-state index is 0.0220. The first-order valence-electron chi connectivity index (χ1n) is 9.53. The molecule has 4 rings (SSSR count). The summed E-state index contributed by atoms with van der Waals surface area (Å²) in [6.07, 6.45) is 4.62. The number of nitrogens with zero attached hydrogens (tertiary/aromatic N) is 3. The van der Waals surface area contributed by atoms with E-state index in [4.69, 9.17) is 0 Å². The summed E-state index contributed by atoms with van der Waals surface area (Å²) in [5.74, 6) is -0.413. The number of aromatic nitrogens is 2. The molecule has 0 aliphatic carbocycles. The summed E-state index contributed by atoms with van der Waals surface area (Å²) < 4.78 is 2.66. The number of carbonyl (C=O) groups excluding carboxylic acids is 2. The molecule has 1 fully saturated rings. The van der Waals surface area contributed by atoms with Crippen LogP contribution in [0, 0.1) is 5.92 Å². The average molecular weight is 453 g/mol. The molecule has 0 bridgehead atoms. The number of benzene rings is 2. The molecule has 1 N–H and O–H groups in total. The van der Waals surface area contributed by atoms with Crippen LogP contribution in [0.5, 0.6) is 0 Å². The van der Waals surface area contributed by atoms with Gasteiger partial charge < -0.3 is 10.2 Å². The number of para-hydroxylation sites is 1. The van der Waals surface area contributed by atoms with Gasteiger partial charge in [0.05, 0.1) is 17.3 Å². The van der Waals surface area contributed by atoms with Crippen LogP contribution in [0.25, 0.3) is 5.69 Å². The van der Waals surface area contributed by atoms with Crippen LogP contribution >= 0.6 is 15.9 Å². The number of halogens is 1. The zero-order chi connectivity index (χ0) is 20.2. The Hall–Kier alpha value is -2.93. The van der Waals surface area contributed by atoms with Crippen molar-refractivity contribution >= 4 is 33.4 Å². The van der Waals surface area contributed by atoms with Gasteiger partial charge >= 0.3 is 0 Å². The van der Waals surface area contributed by atoms with E-state index in [0.717, 1.165) is 27.8 Å². The first-order chi connectivity index (χ1) is 14.1. The van der Waals surface area contributed by atoms with E-state index < -0.39 is 0 Å². The summed E-state index contributed by atoms with van der Waals surface area (Å²) in [7, 11) is 0. The van der Waals surface area contributed by atoms with E-state index in [2.05, 4.69) is 26.3 Å². The van der Waals surface area contributed by atoms with E-state index in [1.165, 1.54) is 0 Å². The van der Waals surface area contributed by atoms with Crippen molar-refractivity contribution in [3.63, 3.8) is 0 Å². The number of carbonyl (C=O) groups is 2. The molecule has 1 unspecified atom stereocenters. The molecule has 2 aromatic carbocycles. The number of nitrogens with one attached hydrogen (secondary N) is 1. The maximum Gasteiger partial charge on any atom is 0.227 e. The predicted octanol–water partition coefficient (Wildman–Crippen LogP) is 3.35. The Balaban J connectivity index is 1.29. The van der Waals surface area contributed by atoms with Crippen LogP contribution in [-0.2, 0) is 16.0 Å². The zero-order valence-corrected chi connectivity index (χ0v) is 17.4. The highest BCUT2D eigenvalue weighted by Crippen LogP contribution is 2.31. The lowest BCUT2D eigenvalue weighted by molar-refractivity contribution is -0.126. The van der Waals surface area contributed by atoms with Gasteiger partial charge in [-0.05, 0) is 58.2 Å². The molecule has 2 heterocycles. The van der Waals surface area contributed by atoms with E-state index in [1.807, 2.05) is 60.8 Å². The first kappa shape index (κ1) is 19.4. The number of rotatable bonds is 6. The molecule has 7 heteroatoms. The highest BCUT2D eigenvalue weighted by atomic mass is 79.9. The fourth-order valence-corrected chi connectivity index (χ4v) is 4.00. The predicted molar refractivity (Wildman–Crippen MR) is 115 cm³/mol. The summed E-state index contributed by atoms with van der Waals surface area (Å²) in [4.78, 5) is 26.6. The summed E-state index contributed by atoms with van der Waals surface area (Å²) in [6.45, 7) is 0.950. The van der Waals surface area contributed by atoms with E-state index in [0.29, 0.717) is 13.1 Å². The summed E-state index contributed by atoms with van der Waals surface area (Å²) in [5, 5.41) is 7.19. The molecule has 0 saturated carbocycles. The molecule has 6 nitrogen and oxygen atoms in total. The van der Waals surface area contributed by atoms with Crippen molar-refractivity contribution in [2.24, 2.45) is 5.92 Å². The van der Waals surface area contributed by atoms with E-state index in [9.17, 15) is 9.59 Å². The van der Waals surface area contributed by atoms with Crippen molar-refractivity contribution in [1.29, 1.82) is 0 Å². The minimum Gasteiger partial charge on any atom is -0.355 e. The highest BCUT2D eigenvalue weighted by molar-refractivity contribution is 9.10. The SMILES string of the molecule is O=C(NCCc1ccc(-n2cccn2)cc1)C1CC(=O)N(c2ccccc2Br)C1. The van der Waals surface area contributed by atoms with Crippen molar-refractivity contribution in [3.05, 3.63) is 77.0 Å². The van der Waals surface area contributed by atoms with Gasteiger partial charge in [-0.1, -0.05) is 24.3 Å². The van der Waals surface area contributed by atoms with E-state index in [1.54, 1.807) is 15.8 Å². The molecule has 1 aliphatic heterocycles. The third-order valence-corrected chi connectivity index (χ3v) is 5.73. The fraction of sp³-hybridized carbons (Fsp3) is 0.227. The molecule has 3 aromatic rings. The van der Waals surface area contributed by atoms with E-state index >= 15 is 0 Å². The van der Waals surface area contributed by atoms with Crippen LogP contribution in [0.15, 0.2) is 71.5 Å². The van der Waals surface area contributed by atoms with Crippen molar-refractivity contribution in [3.8, 4) is 5.69 Å². The topological polar surface area (TPSA) is 67.2 Å². The number of hydrogen-bond donors (Lipinski definition) is 1. The molecule has 0 radical (unpaired) electrons. The fourth-order valence-electron chi connectivity index (χ4n) is 3.50. The Labute approximate surface area is 177 Å². The van der Waals surface area contributed by atoms with Gasteiger partial charge in [0.2, 0.25) is 11.8 Å². The van der Waals surface area contributed by atoms with Crippen LogP contribution in [-0.4, -0.2) is 34.7 Å². The average Bonchev–Trinajstić information content (AvgIpc) is 3.39. The van der Waals surface area contributed by atoms with Gasteiger partial charge in [0, 0.05) is 36.4 Å². The molecular formula is C22H21BrN4O2. The van der Waals surface area contributed by atoms with Crippen LogP contribution < -0.4 is 10.2 Å². The van der Waals surface area contributed by atoms with Crippen molar-refractivity contribution < 1.29 is 9.59 Å².